The molecule has 1 N–H and O–H groups in total. The van der Waals surface area contributed by atoms with Gasteiger partial charge in [0, 0.05) is 37.2 Å². The Kier molecular flexibility index (Phi) is 3.50. The fraction of sp³-hybridized carbons (Fsp3) is 0.571. The third kappa shape index (κ3) is 2.90. The van der Waals surface area contributed by atoms with Gasteiger partial charge in [0.25, 0.3) is 0 Å². The standard InChI is InChI=1S/C14H19BrN2/c15-13-3-1-11(2-4-13)14-9-12(14)10-17-7-5-16-6-8-17/h1-4,12,14,16H,5-10H2/t12-,14+/m0/s1. The lowest BCUT2D eigenvalue weighted by Crippen LogP contribution is -2.44. The predicted molar refractivity (Wildman–Crippen MR) is 74.3 cm³/mol. The Bertz CT molecular complexity index is 370. The van der Waals surface area contributed by atoms with E-state index in [1.165, 1.54) is 36.1 Å². The van der Waals surface area contributed by atoms with Crippen molar-refractivity contribution in [2.45, 2.75) is 12.3 Å². The summed E-state index contributed by atoms with van der Waals surface area (Å²) < 4.78 is 1.18. The van der Waals surface area contributed by atoms with Crippen LogP contribution in [0.1, 0.15) is 17.9 Å². The zero-order valence-electron chi connectivity index (χ0n) is 10.0. The van der Waals surface area contributed by atoms with Crippen LogP contribution in [-0.4, -0.2) is 37.6 Å². The summed E-state index contributed by atoms with van der Waals surface area (Å²) >= 11 is 3.49. The monoisotopic (exact) mass is 294 g/mol. The summed E-state index contributed by atoms with van der Waals surface area (Å²) in [6.45, 7) is 6.07. The molecule has 17 heavy (non-hydrogen) atoms. The van der Waals surface area contributed by atoms with E-state index in [1.54, 1.807) is 0 Å². The molecule has 2 atom stereocenters. The van der Waals surface area contributed by atoms with Crippen LogP contribution in [0.25, 0.3) is 0 Å². The summed E-state index contributed by atoms with van der Waals surface area (Å²) in [5, 5.41) is 3.41. The number of rotatable bonds is 3. The van der Waals surface area contributed by atoms with Gasteiger partial charge in [-0.1, -0.05) is 28.1 Å². The molecule has 1 aliphatic carbocycles. The molecule has 1 saturated heterocycles. The highest BCUT2D eigenvalue weighted by molar-refractivity contribution is 9.10. The summed E-state index contributed by atoms with van der Waals surface area (Å²) in [6.07, 6.45) is 1.38. The highest BCUT2D eigenvalue weighted by atomic mass is 79.9. The van der Waals surface area contributed by atoms with E-state index in [0.717, 1.165) is 24.9 Å². The van der Waals surface area contributed by atoms with Gasteiger partial charge in [-0.25, -0.2) is 0 Å². The van der Waals surface area contributed by atoms with Gasteiger partial charge in [-0.3, -0.25) is 0 Å². The third-order valence-electron chi connectivity index (χ3n) is 3.92. The average Bonchev–Trinajstić information content (AvgIpc) is 3.11. The van der Waals surface area contributed by atoms with Crippen LogP contribution < -0.4 is 5.32 Å². The number of nitrogens with one attached hydrogen (secondary N) is 1. The molecular weight excluding hydrogens is 276 g/mol. The maximum Gasteiger partial charge on any atom is 0.0175 e. The van der Waals surface area contributed by atoms with Gasteiger partial charge >= 0.3 is 0 Å². The van der Waals surface area contributed by atoms with Gasteiger partial charge in [-0.2, -0.15) is 0 Å². The number of benzene rings is 1. The van der Waals surface area contributed by atoms with Gasteiger partial charge in [0.15, 0.2) is 0 Å². The molecule has 0 spiro atoms. The Morgan fingerprint density at radius 2 is 1.88 bits per heavy atom. The molecule has 2 fully saturated rings. The molecule has 0 unspecified atom stereocenters. The molecule has 2 nitrogen and oxygen atoms in total. The van der Waals surface area contributed by atoms with Crippen LogP contribution in [0, 0.1) is 5.92 Å². The molecule has 1 heterocycles. The Hall–Kier alpha value is -0.380. The first kappa shape index (κ1) is 11.7. The van der Waals surface area contributed by atoms with Crippen LogP contribution in [0.2, 0.25) is 0 Å². The lowest BCUT2D eigenvalue weighted by molar-refractivity contribution is 0.231. The highest BCUT2D eigenvalue weighted by Gasteiger charge is 2.39. The van der Waals surface area contributed by atoms with Crippen molar-refractivity contribution in [3.63, 3.8) is 0 Å². The molecule has 0 bridgehead atoms. The van der Waals surface area contributed by atoms with Crippen LogP contribution in [-0.2, 0) is 0 Å². The lowest BCUT2D eigenvalue weighted by Gasteiger charge is -2.27. The summed E-state index contributed by atoms with van der Waals surface area (Å²) in [4.78, 5) is 2.61. The quantitative estimate of drug-likeness (QED) is 0.921. The fourth-order valence-corrected chi connectivity index (χ4v) is 3.06. The zero-order chi connectivity index (χ0) is 11.7. The van der Waals surface area contributed by atoms with Gasteiger partial charge in [-0.05, 0) is 36.0 Å². The van der Waals surface area contributed by atoms with E-state index in [-0.39, 0.29) is 0 Å². The Labute approximate surface area is 112 Å². The van der Waals surface area contributed by atoms with Crippen LogP contribution in [0.4, 0.5) is 0 Å². The van der Waals surface area contributed by atoms with Crippen molar-refractivity contribution in [1.29, 1.82) is 0 Å². The topological polar surface area (TPSA) is 15.3 Å². The van der Waals surface area contributed by atoms with E-state index >= 15 is 0 Å². The van der Waals surface area contributed by atoms with Gasteiger partial charge in [0.1, 0.15) is 0 Å². The number of piperazine rings is 1. The second-order valence-corrected chi connectivity index (χ2v) is 6.12. The molecule has 2 aliphatic rings. The predicted octanol–water partition coefficient (Wildman–Crippen LogP) is 2.46. The molecule has 92 valence electrons. The van der Waals surface area contributed by atoms with Crippen molar-refractivity contribution < 1.29 is 0 Å². The van der Waals surface area contributed by atoms with Crippen molar-refractivity contribution in [3.05, 3.63) is 34.3 Å². The number of halogens is 1. The summed E-state index contributed by atoms with van der Waals surface area (Å²) in [5.74, 6) is 1.72. The van der Waals surface area contributed by atoms with E-state index in [4.69, 9.17) is 0 Å². The van der Waals surface area contributed by atoms with Crippen LogP contribution in [0.15, 0.2) is 28.7 Å². The first-order valence-electron chi connectivity index (χ1n) is 6.51. The smallest absolute Gasteiger partial charge is 0.0175 e. The van der Waals surface area contributed by atoms with Crippen molar-refractivity contribution in [1.82, 2.24) is 10.2 Å². The highest BCUT2D eigenvalue weighted by Crippen LogP contribution is 2.47. The number of nitrogens with zero attached hydrogens (tertiary/aromatic N) is 1. The van der Waals surface area contributed by atoms with E-state index in [2.05, 4.69) is 50.4 Å². The summed E-state index contributed by atoms with van der Waals surface area (Å²) in [5.41, 5.74) is 1.52. The minimum absolute atomic E-state index is 0.818. The third-order valence-corrected chi connectivity index (χ3v) is 4.45. The lowest BCUT2D eigenvalue weighted by atomic mass is 10.1. The summed E-state index contributed by atoms with van der Waals surface area (Å²) in [7, 11) is 0. The van der Waals surface area contributed by atoms with E-state index < -0.39 is 0 Å². The minimum Gasteiger partial charge on any atom is -0.314 e. The molecule has 1 aromatic carbocycles. The van der Waals surface area contributed by atoms with Crippen molar-refractivity contribution in [2.24, 2.45) is 5.92 Å². The first-order chi connectivity index (χ1) is 8.33. The molecule has 0 aromatic heterocycles. The van der Waals surface area contributed by atoms with Gasteiger partial charge < -0.3 is 10.2 Å². The Balaban J connectivity index is 1.53. The Morgan fingerprint density at radius 1 is 1.18 bits per heavy atom. The maximum atomic E-state index is 3.49. The van der Waals surface area contributed by atoms with E-state index in [9.17, 15) is 0 Å². The Morgan fingerprint density at radius 3 is 2.59 bits per heavy atom. The number of hydrogen-bond acceptors (Lipinski definition) is 2. The van der Waals surface area contributed by atoms with Gasteiger partial charge in [0.05, 0.1) is 0 Å². The molecule has 1 saturated carbocycles. The molecular formula is C14H19BrN2. The SMILES string of the molecule is Brc1ccc([C@H]2C[C@H]2CN2CCNCC2)cc1. The summed E-state index contributed by atoms with van der Waals surface area (Å²) in [6, 6.07) is 8.87. The molecule has 1 aliphatic heterocycles. The van der Waals surface area contributed by atoms with Crippen LogP contribution >= 0.6 is 15.9 Å². The van der Waals surface area contributed by atoms with Gasteiger partial charge in [-0.15, -0.1) is 0 Å². The van der Waals surface area contributed by atoms with Crippen LogP contribution in [0.5, 0.6) is 0 Å². The minimum atomic E-state index is 0.818. The first-order valence-corrected chi connectivity index (χ1v) is 7.31. The molecule has 3 rings (SSSR count). The van der Waals surface area contributed by atoms with Gasteiger partial charge in [0.2, 0.25) is 0 Å². The van der Waals surface area contributed by atoms with E-state index in [1.807, 2.05) is 0 Å². The molecule has 0 amide bonds. The van der Waals surface area contributed by atoms with Crippen molar-refractivity contribution >= 4 is 15.9 Å². The average molecular weight is 295 g/mol. The van der Waals surface area contributed by atoms with E-state index in [0.29, 0.717) is 0 Å². The van der Waals surface area contributed by atoms with Crippen LogP contribution in [0.3, 0.4) is 0 Å². The zero-order valence-corrected chi connectivity index (χ0v) is 11.6. The number of hydrogen-bond donors (Lipinski definition) is 1. The van der Waals surface area contributed by atoms with Crippen molar-refractivity contribution in [3.8, 4) is 0 Å². The second-order valence-electron chi connectivity index (χ2n) is 5.20. The molecule has 1 aromatic rings. The normalized spacial score (nSPS) is 29.2. The molecule has 0 radical (unpaired) electrons. The fourth-order valence-electron chi connectivity index (χ4n) is 2.79. The largest absolute Gasteiger partial charge is 0.314 e. The van der Waals surface area contributed by atoms with Crippen molar-refractivity contribution in [2.75, 3.05) is 32.7 Å². The maximum absolute atomic E-state index is 3.49. The molecule has 3 heteroatoms. The second kappa shape index (κ2) is 5.09.